The van der Waals surface area contributed by atoms with E-state index in [0.29, 0.717) is 17.5 Å². The van der Waals surface area contributed by atoms with Crippen molar-refractivity contribution >= 4 is 27.4 Å². The van der Waals surface area contributed by atoms with E-state index in [0.717, 1.165) is 61.2 Å². The summed E-state index contributed by atoms with van der Waals surface area (Å²) in [6.45, 7) is 15.5. The first-order valence-electron chi connectivity index (χ1n) is 22.1. The van der Waals surface area contributed by atoms with Crippen molar-refractivity contribution in [3.05, 3.63) is 237 Å². The van der Waals surface area contributed by atoms with Crippen LogP contribution in [-0.2, 0) is 5.41 Å². The Labute approximate surface area is 381 Å². The molecule has 0 saturated carbocycles. The number of hydrogen-bond acceptors (Lipinski definition) is 3. The van der Waals surface area contributed by atoms with Gasteiger partial charge in [0.05, 0.1) is 16.7 Å². The Hall–Kier alpha value is -8.21. The van der Waals surface area contributed by atoms with Crippen LogP contribution in [0.25, 0.3) is 101 Å². The third kappa shape index (κ3) is 7.81. The predicted octanol–water partition coefficient (Wildman–Crippen LogP) is 16.0. The second-order valence-electron chi connectivity index (χ2n) is 17.4. The van der Waals surface area contributed by atoms with Gasteiger partial charge >= 0.3 is 0 Å². The van der Waals surface area contributed by atoms with Crippen molar-refractivity contribution in [2.75, 3.05) is 0 Å². The lowest BCUT2D eigenvalue weighted by Crippen LogP contribution is -2.14. The number of nitrogens with zero attached hydrogens (tertiary/aromatic N) is 4. The summed E-state index contributed by atoms with van der Waals surface area (Å²) in [5.41, 5.74) is 15.6. The van der Waals surface area contributed by atoms with Crippen molar-refractivity contribution < 1.29 is 0 Å². The summed E-state index contributed by atoms with van der Waals surface area (Å²) in [5.74, 6) is 1.78. The van der Waals surface area contributed by atoms with Crippen LogP contribution in [0.2, 0.25) is 0 Å². The molecule has 8 aromatic carbocycles. The number of hydrogen-bond donors (Lipinski definition) is 0. The molecule has 0 N–H and O–H groups in total. The molecular weight excluding hydrogens is 789 g/mol. The minimum Gasteiger partial charge on any atom is -0.308 e. The third-order valence-electron chi connectivity index (χ3n) is 12.1. The minimum atomic E-state index is -0.241. The quantitative estimate of drug-likeness (QED) is 0.129. The first-order chi connectivity index (χ1) is 31.8. The van der Waals surface area contributed by atoms with Crippen LogP contribution in [0.1, 0.15) is 31.9 Å². The molecule has 2 aromatic heterocycles. The van der Waals surface area contributed by atoms with E-state index in [1.165, 1.54) is 33.0 Å². The molecular formula is C61H48N4. The Bertz CT molecular complexity index is 3340. The highest BCUT2D eigenvalue weighted by molar-refractivity contribution is 6.14. The average Bonchev–Trinajstić information content (AvgIpc) is 3.69. The van der Waals surface area contributed by atoms with Gasteiger partial charge in [0.2, 0.25) is 0 Å². The molecule has 2 heterocycles. The van der Waals surface area contributed by atoms with Gasteiger partial charge < -0.3 is 4.57 Å². The normalized spacial score (nSPS) is 11.8. The molecule has 312 valence electrons. The Morgan fingerprint density at radius 3 is 1.45 bits per heavy atom. The molecule has 4 nitrogen and oxygen atoms in total. The Balaban J connectivity index is 1.37. The SMILES string of the molecule is C=C/C=C(\C=C)c1cc(-c2nc(-c3ccccc3)nc(-c3ccccc3)n2)cc(-c2ccccc2)c1-n1c2ccc(-c3ccccc3)cc2c2cc(-c3ccccc3)cc(C(C)(C)C)c21. The highest BCUT2D eigenvalue weighted by Gasteiger charge is 2.28. The van der Waals surface area contributed by atoms with Crippen molar-refractivity contribution in [3.8, 4) is 73.2 Å². The molecule has 0 spiro atoms. The summed E-state index contributed by atoms with van der Waals surface area (Å²) in [6.07, 6.45) is 5.81. The summed E-state index contributed by atoms with van der Waals surface area (Å²) >= 11 is 0. The summed E-state index contributed by atoms with van der Waals surface area (Å²) in [5, 5.41) is 2.35. The standard InChI is InChI=1S/C61H48N4/c1-6-23-41(7-2)50-38-49(60-63-58(45-30-19-11-20-31-45)62-59(64-60)46-32-21-12-22-33-46)39-51(44-28-17-10-18-29-44)56(50)65-55-35-34-47(42-24-13-8-14-25-42)36-52(55)53-37-48(43-26-15-9-16-27-43)40-54(57(53)65)61(3,4)5/h6-40H,1-2H2,3-5H3/b41-23+. The van der Waals surface area contributed by atoms with E-state index in [2.05, 4.69) is 172 Å². The molecule has 0 fully saturated rings. The first kappa shape index (κ1) is 40.8. The van der Waals surface area contributed by atoms with E-state index in [9.17, 15) is 0 Å². The molecule has 0 aliphatic carbocycles. The average molecular weight is 837 g/mol. The molecule has 0 bridgehead atoms. The Morgan fingerprint density at radius 2 is 0.938 bits per heavy atom. The monoisotopic (exact) mass is 836 g/mol. The van der Waals surface area contributed by atoms with Gasteiger partial charge in [0.1, 0.15) is 0 Å². The summed E-state index contributed by atoms with van der Waals surface area (Å²) in [6, 6.07) is 68.5. The maximum Gasteiger partial charge on any atom is 0.164 e. The second-order valence-corrected chi connectivity index (χ2v) is 17.4. The minimum absolute atomic E-state index is 0.241. The van der Waals surface area contributed by atoms with Gasteiger partial charge in [0.15, 0.2) is 17.5 Å². The lowest BCUT2D eigenvalue weighted by atomic mass is 9.83. The molecule has 0 aliphatic rings. The van der Waals surface area contributed by atoms with Crippen LogP contribution in [0.5, 0.6) is 0 Å². The fraction of sp³-hybridized carbons (Fsp3) is 0.0656. The van der Waals surface area contributed by atoms with Gasteiger partial charge in [-0.05, 0) is 80.8 Å². The van der Waals surface area contributed by atoms with Crippen molar-refractivity contribution in [2.45, 2.75) is 26.2 Å². The van der Waals surface area contributed by atoms with Gasteiger partial charge in [-0.3, -0.25) is 0 Å². The van der Waals surface area contributed by atoms with Gasteiger partial charge in [-0.1, -0.05) is 210 Å². The topological polar surface area (TPSA) is 43.6 Å². The van der Waals surface area contributed by atoms with Crippen LogP contribution in [0, 0.1) is 0 Å². The van der Waals surface area contributed by atoms with Crippen LogP contribution in [0.4, 0.5) is 0 Å². The van der Waals surface area contributed by atoms with Crippen LogP contribution < -0.4 is 0 Å². The van der Waals surface area contributed by atoms with Crippen LogP contribution >= 0.6 is 0 Å². The molecule has 65 heavy (non-hydrogen) atoms. The Kier molecular flexibility index (Phi) is 10.8. The lowest BCUT2D eigenvalue weighted by molar-refractivity contribution is 0.594. The largest absolute Gasteiger partial charge is 0.308 e. The summed E-state index contributed by atoms with van der Waals surface area (Å²) in [4.78, 5) is 15.5. The van der Waals surface area contributed by atoms with E-state index < -0.39 is 0 Å². The molecule has 0 aliphatic heterocycles. The molecule has 0 atom stereocenters. The number of benzene rings is 8. The van der Waals surface area contributed by atoms with Gasteiger partial charge in [-0.25, -0.2) is 15.0 Å². The maximum absolute atomic E-state index is 5.23. The van der Waals surface area contributed by atoms with Crippen molar-refractivity contribution in [1.82, 2.24) is 19.5 Å². The summed E-state index contributed by atoms with van der Waals surface area (Å²) < 4.78 is 2.51. The third-order valence-corrected chi connectivity index (χ3v) is 12.1. The molecule has 0 amide bonds. The molecule has 0 saturated heterocycles. The van der Waals surface area contributed by atoms with E-state index >= 15 is 0 Å². The zero-order valence-corrected chi connectivity index (χ0v) is 36.9. The number of allylic oxidation sites excluding steroid dienone is 4. The zero-order valence-electron chi connectivity index (χ0n) is 36.9. The van der Waals surface area contributed by atoms with E-state index in [-0.39, 0.29) is 5.41 Å². The fourth-order valence-electron chi connectivity index (χ4n) is 8.95. The first-order valence-corrected chi connectivity index (χ1v) is 22.1. The van der Waals surface area contributed by atoms with Crippen molar-refractivity contribution in [3.63, 3.8) is 0 Å². The van der Waals surface area contributed by atoms with Crippen molar-refractivity contribution in [1.29, 1.82) is 0 Å². The smallest absolute Gasteiger partial charge is 0.164 e. The van der Waals surface area contributed by atoms with Crippen molar-refractivity contribution in [2.24, 2.45) is 0 Å². The van der Waals surface area contributed by atoms with Crippen LogP contribution in [0.15, 0.2) is 226 Å². The number of rotatable bonds is 10. The Morgan fingerprint density at radius 1 is 0.462 bits per heavy atom. The molecule has 4 heteroatoms. The highest BCUT2D eigenvalue weighted by Crippen LogP contribution is 2.47. The predicted molar refractivity (Wildman–Crippen MR) is 274 cm³/mol. The van der Waals surface area contributed by atoms with Crippen LogP contribution in [-0.4, -0.2) is 19.5 Å². The van der Waals surface area contributed by atoms with E-state index in [1.807, 2.05) is 78.9 Å². The molecule has 0 unspecified atom stereocenters. The van der Waals surface area contributed by atoms with Gasteiger partial charge in [-0.2, -0.15) is 0 Å². The number of aromatic nitrogens is 4. The van der Waals surface area contributed by atoms with Gasteiger partial charge in [0, 0.05) is 38.6 Å². The second kappa shape index (κ2) is 17.2. The molecule has 10 rings (SSSR count). The van der Waals surface area contributed by atoms with E-state index in [4.69, 9.17) is 15.0 Å². The number of fused-ring (bicyclic) bond motifs is 3. The zero-order chi connectivity index (χ0) is 44.5. The van der Waals surface area contributed by atoms with E-state index in [1.54, 1.807) is 0 Å². The lowest BCUT2D eigenvalue weighted by Gasteiger charge is -2.26. The van der Waals surface area contributed by atoms with Crippen LogP contribution in [0.3, 0.4) is 0 Å². The highest BCUT2D eigenvalue weighted by atomic mass is 15.0. The molecule has 0 radical (unpaired) electrons. The summed E-state index contributed by atoms with van der Waals surface area (Å²) in [7, 11) is 0. The fourth-order valence-corrected chi connectivity index (χ4v) is 8.95. The molecule has 10 aromatic rings. The van der Waals surface area contributed by atoms with Gasteiger partial charge in [0.25, 0.3) is 0 Å². The maximum atomic E-state index is 5.23. The van der Waals surface area contributed by atoms with Gasteiger partial charge in [-0.15, -0.1) is 0 Å².